The van der Waals surface area contributed by atoms with E-state index in [1.54, 1.807) is 12.3 Å². The van der Waals surface area contributed by atoms with Crippen LogP contribution in [0.25, 0.3) is 16.9 Å². The van der Waals surface area contributed by atoms with Gasteiger partial charge in [0.1, 0.15) is 5.52 Å². The number of nitrogens with two attached hydrogens (primary N) is 1. The minimum Gasteiger partial charge on any atom is -0.369 e. The van der Waals surface area contributed by atoms with E-state index < -0.39 is 0 Å². The van der Waals surface area contributed by atoms with Gasteiger partial charge < -0.3 is 5.73 Å². The zero-order valence-electron chi connectivity index (χ0n) is 9.14. The van der Waals surface area contributed by atoms with Crippen molar-refractivity contribution in [1.29, 1.82) is 0 Å². The summed E-state index contributed by atoms with van der Waals surface area (Å²) in [6.07, 6.45) is 1.59. The highest BCUT2D eigenvalue weighted by atomic mass is 127. The number of imidazole rings is 1. The zero-order valence-corrected chi connectivity index (χ0v) is 12.1. The van der Waals surface area contributed by atoms with Gasteiger partial charge in [0, 0.05) is 9.77 Å². The lowest BCUT2D eigenvalue weighted by atomic mass is 10.3. The molecule has 0 saturated heterocycles. The summed E-state index contributed by atoms with van der Waals surface area (Å²) in [5.74, 6) is 0.404. The number of nitrogens with zero attached hydrogens (tertiary/aromatic N) is 3. The van der Waals surface area contributed by atoms with E-state index in [1.807, 2.05) is 28.8 Å². The topological polar surface area (TPSA) is 56.7 Å². The molecule has 0 aliphatic carbocycles. The Hall–Kier alpha value is -1.34. The van der Waals surface area contributed by atoms with Gasteiger partial charge in [-0.15, -0.1) is 0 Å². The molecule has 0 fully saturated rings. The molecule has 3 aromatic rings. The lowest BCUT2D eigenvalue weighted by Gasteiger charge is -2.05. The van der Waals surface area contributed by atoms with Gasteiger partial charge in [-0.3, -0.25) is 4.57 Å². The highest BCUT2D eigenvalue weighted by Gasteiger charge is 2.11. The number of benzene rings is 1. The Morgan fingerprint density at radius 3 is 2.67 bits per heavy atom. The van der Waals surface area contributed by atoms with Crippen LogP contribution in [0.15, 0.2) is 36.5 Å². The summed E-state index contributed by atoms with van der Waals surface area (Å²) >= 11 is 8.15. The van der Waals surface area contributed by atoms with E-state index in [2.05, 4.69) is 32.6 Å². The Labute approximate surface area is 122 Å². The summed E-state index contributed by atoms with van der Waals surface area (Å²) in [7, 11) is 0. The molecule has 6 heteroatoms. The van der Waals surface area contributed by atoms with Crippen molar-refractivity contribution < 1.29 is 0 Å². The number of aromatic nitrogens is 3. The van der Waals surface area contributed by atoms with Gasteiger partial charge in [-0.1, -0.05) is 11.6 Å². The van der Waals surface area contributed by atoms with Crippen molar-refractivity contribution in [3.8, 4) is 5.69 Å². The molecule has 2 heterocycles. The molecule has 0 radical (unpaired) electrons. The van der Waals surface area contributed by atoms with Crippen LogP contribution in [0.4, 0.5) is 5.95 Å². The lowest BCUT2D eigenvalue weighted by Crippen LogP contribution is -2.01. The quantitative estimate of drug-likeness (QED) is 0.669. The first-order valence-corrected chi connectivity index (χ1v) is 6.66. The molecule has 0 saturated carbocycles. The zero-order chi connectivity index (χ0) is 12.7. The fourth-order valence-electron chi connectivity index (χ4n) is 1.80. The number of hydrogen-bond donors (Lipinski definition) is 1. The number of rotatable bonds is 1. The van der Waals surface area contributed by atoms with Crippen molar-refractivity contribution in [3.63, 3.8) is 0 Å². The van der Waals surface area contributed by atoms with Gasteiger partial charge in [0.05, 0.1) is 10.7 Å². The summed E-state index contributed by atoms with van der Waals surface area (Å²) < 4.78 is 2.97. The summed E-state index contributed by atoms with van der Waals surface area (Å²) in [5, 5.41) is 0.551. The first-order valence-electron chi connectivity index (χ1n) is 5.20. The third-order valence-corrected chi connectivity index (χ3v) is 3.50. The minimum atomic E-state index is 0.404. The predicted octanol–water partition coefficient (Wildman–Crippen LogP) is 3.26. The third-order valence-electron chi connectivity index (χ3n) is 2.57. The van der Waals surface area contributed by atoms with Crippen molar-refractivity contribution in [3.05, 3.63) is 45.1 Å². The van der Waals surface area contributed by atoms with Gasteiger partial charge in [0.2, 0.25) is 5.95 Å². The van der Waals surface area contributed by atoms with E-state index in [0.717, 1.165) is 9.26 Å². The van der Waals surface area contributed by atoms with Crippen molar-refractivity contribution in [1.82, 2.24) is 14.5 Å². The Kier molecular flexibility index (Phi) is 2.87. The molecule has 1 aromatic carbocycles. The maximum atomic E-state index is 5.94. The highest BCUT2D eigenvalue weighted by molar-refractivity contribution is 14.1. The molecule has 0 aliphatic rings. The normalized spacial score (nSPS) is 11.0. The van der Waals surface area contributed by atoms with Gasteiger partial charge in [-0.2, -0.15) is 0 Å². The Morgan fingerprint density at radius 2 is 1.94 bits per heavy atom. The molecule has 2 N–H and O–H groups in total. The second kappa shape index (κ2) is 4.40. The van der Waals surface area contributed by atoms with Crippen molar-refractivity contribution in [2.24, 2.45) is 0 Å². The van der Waals surface area contributed by atoms with Crippen molar-refractivity contribution in [2.45, 2.75) is 0 Å². The molecule has 0 bridgehead atoms. The lowest BCUT2D eigenvalue weighted by molar-refractivity contribution is 1.08. The third kappa shape index (κ3) is 1.93. The summed E-state index contributed by atoms with van der Waals surface area (Å²) in [6, 6.07) is 9.74. The maximum Gasteiger partial charge on any atom is 0.207 e. The minimum absolute atomic E-state index is 0.404. The second-order valence-corrected chi connectivity index (χ2v) is 5.46. The van der Waals surface area contributed by atoms with E-state index in [1.165, 1.54) is 0 Å². The number of pyridine rings is 1. The maximum absolute atomic E-state index is 5.94. The Balaban J connectivity index is 2.28. The van der Waals surface area contributed by atoms with Crippen LogP contribution in [0.1, 0.15) is 0 Å². The Bertz CT molecular complexity index is 721. The van der Waals surface area contributed by atoms with Crippen LogP contribution in [0.3, 0.4) is 0 Å². The van der Waals surface area contributed by atoms with Crippen LogP contribution in [-0.4, -0.2) is 14.5 Å². The first kappa shape index (κ1) is 11.7. The van der Waals surface area contributed by atoms with E-state index in [-0.39, 0.29) is 0 Å². The van der Waals surface area contributed by atoms with Crippen LogP contribution in [0.5, 0.6) is 0 Å². The van der Waals surface area contributed by atoms with Crippen LogP contribution in [-0.2, 0) is 0 Å². The second-order valence-electron chi connectivity index (χ2n) is 3.78. The number of fused-ring (bicyclic) bond motifs is 1. The van der Waals surface area contributed by atoms with Gasteiger partial charge in [0.15, 0.2) is 5.65 Å². The monoisotopic (exact) mass is 370 g/mol. The van der Waals surface area contributed by atoms with Crippen molar-refractivity contribution >= 4 is 51.3 Å². The summed E-state index contributed by atoms with van der Waals surface area (Å²) in [5.41, 5.74) is 8.28. The molecule has 4 nitrogen and oxygen atoms in total. The first-order chi connectivity index (χ1) is 8.65. The van der Waals surface area contributed by atoms with Crippen LogP contribution >= 0.6 is 34.2 Å². The molecular weight excluding hydrogens is 363 g/mol. The van der Waals surface area contributed by atoms with Crippen LogP contribution in [0.2, 0.25) is 5.02 Å². The molecule has 2 aromatic heterocycles. The molecule has 0 amide bonds. The fraction of sp³-hybridized carbons (Fsp3) is 0. The smallest absolute Gasteiger partial charge is 0.207 e. The van der Waals surface area contributed by atoms with Gasteiger partial charge >= 0.3 is 0 Å². The van der Waals surface area contributed by atoms with Crippen LogP contribution < -0.4 is 5.73 Å². The van der Waals surface area contributed by atoms with E-state index in [9.17, 15) is 0 Å². The van der Waals surface area contributed by atoms with E-state index >= 15 is 0 Å². The number of hydrogen-bond acceptors (Lipinski definition) is 3. The molecule has 0 unspecified atom stereocenters. The number of nitrogen functional groups attached to an aromatic ring is 1. The number of halogens is 2. The average molecular weight is 371 g/mol. The SMILES string of the molecule is Nc1nc2cc(Cl)cnc2n1-c1ccc(I)cc1. The van der Waals surface area contributed by atoms with E-state index in [0.29, 0.717) is 22.1 Å². The van der Waals surface area contributed by atoms with Gasteiger partial charge in [-0.05, 0) is 52.9 Å². The fourth-order valence-corrected chi connectivity index (χ4v) is 2.31. The molecule has 18 heavy (non-hydrogen) atoms. The molecule has 0 atom stereocenters. The number of anilines is 1. The average Bonchev–Trinajstić information content (AvgIpc) is 2.65. The molecule has 90 valence electrons. The van der Waals surface area contributed by atoms with Crippen molar-refractivity contribution in [2.75, 3.05) is 5.73 Å². The highest BCUT2D eigenvalue weighted by Crippen LogP contribution is 2.23. The summed E-state index contributed by atoms with van der Waals surface area (Å²) in [4.78, 5) is 8.55. The largest absolute Gasteiger partial charge is 0.369 e. The molecule has 3 rings (SSSR count). The molecular formula is C12H8ClIN4. The predicted molar refractivity (Wildman–Crippen MR) is 81.0 cm³/mol. The summed E-state index contributed by atoms with van der Waals surface area (Å²) in [6.45, 7) is 0. The van der Waals surface area contributed by atoms with Gasteiger partial charge in [0.25, 0.3) is 0 Å². The standard InChI is InChI=1S/C12H8ClIN4/c13-7-5-10-11(16-6-7)18(12(15)17-10)9-3-1-8(14)2-4-9/h1-6H,(H2,15,17). The van der Waals surface area contributed by atoms with Crippen LogP contribution in [0, 0.1) is 3.57 Å². The Morgan fingerprint density at radius 1 is 1.22 bits per heavy atom. The van der Waals surface area contributed by atoms with E-state index in [4.69, 9.17) is 17.3 Å². The molecule has 0 aliphatic heterocycles. The molecule has 0 spiro atoms. The van der Waals surface area contributed by atoms with Gasteiger partial charge in [-0.25, -0.2) is 9.97 Å².